The minimum Gasteiger partial charge on any atom is -0.380 e. The molecule has 18 heavy (non-hydrogen) atoms. The van der Waals surface area contributed by atoms with Gasteiger partial charge in [-0.25, -0.2) is 0 Å². The quantitative estimate of drug-likeness (QED) is 0.797. The first-order chi connectivity index (χ1) is 8.84. The number of rotatable bonds is 6. The summed E-state index contributed by atoms with van der Waals surface area (Å²) in [4.78, 5) is 2.44. The van der Waals surface area contributed by atoms with Crippen molar-refractivity contribution in [1.82, 2.24) is 10.2 Å². The summed E-state index contributed by atoms with van der Waals surface area (Å²) in [7, 11) is 0. The number of piperazine rings is 1. The highest BCUT2D eigenvalue weighted by Gasteiger charge is 2.08. The fourth-order valence-electron chi connectivity index (χ4n) is 2.07. The Bertz CT molecular complexity index is 336. The van der Waals surface area contributed by atoms with Gasteiger partial charge in [0, 0.05) is 37.7 Å². The van der Waals surface area contributed by atoms with E-state index in [1.54, 1.807) is 0 Å². The minimum absolute atomic E-state index is 0.785. The summed E-state index contributed by atoms with van der Waals surface area (Å²) in [5, 5.41) is 4.14. The molecule has 1 fully saturated rings. The zero-order valence-electron chi connectivity index (χ0n) is 10.7. The lowest BCUT2D eigenvalue weighted by Crippen LogP contribution is -2.44. The molecular formula is C14H21ClN2O. The molecule has 1 aromatic rings. The molecule has 0 saturated carbocycles. The van der Waals surface area contributed by atoms with Crippen molar-refractivity contribution in [2.45, 2.75) is 6.42 Å². The van der Waals surface area contributed by atoms with Crippen LogP contribution in [0.2, 0.25) is 5.02 Å². The molecule has 1 saturated heterocycles. The van der Waals surface area contributed by atoms with Gasteiger partial charge in [-0.1, -0.05) is 23.7 Å². The lowest BCUT2D eigenvalue weighted by molar-refractivity contribution is 0.101. The van der Waals surface area contributed by atoms with Gasteiger partial charge < -0.3 is 10.1 Å². The van der Waals surface area contributed by atoms with E-state index in [1.807, 2.05) is 12.1 Å². The molecule has 0 amide bonds. The van der Waals surface area contributed by atoms with Crippen LogP contribution in [0.5, 0.6) is 0 Å². The maximum atomic E-state index is 5.84. The molecule has 0 aromatic heterocycles. The highest BCUT2D eigenvalue weighted by molar-refractivity contribution is 6.30. The minimum atomic E-state index is 0.785. The monoisotopic (exact) mass is 268 g/mol. The second-order valence-corrected chi connectivity index (χ2v) is 5.02. The summed E-state index contributed by atoms with van der Waals surface area (Å²) >= 11 is 5.84. The molecule has 1 heterocycles. The van der Waals surface area contributed by atoms with E-state index in [4.69, 9.17) is 16.3 Å². The summed E-state index contributed by atoms with van der Waals surface area (Å²) in [6.07, 6.45) is 0.957. The summed E-state index contributed by atoms with van der Waals surface area (Å²) in [6, 6.07) is 7.97. The Labute approximate surface area is 114 Å². The topological polar surface area (TPSA) is 24.5 Å². The number of benzene rings is 1. The van der Waals surface area contributed by atoms with E-state index in [0.717, 1.165) is 57.4 Å². The molecule has 0 atom stereocenters. The van der Waals surface area contributed by atoms with Crippen LogP contribution in [0.15, 0.2) is 24.3 Å². The smallest absolute Gasteiger partial charge is 0.0593 e. The Morgan fingerprint density at radius 2 is 1.83 bits per heavy atom. The van der Waals surface area contributed by atoms with Crippen LogP contribution in [-0.4, -0.2) is 50.8 Å². The molecule has 0 aliphatic carbocycles. The van der Waals surface area contributed by atoms with E-state index in [-0.39, 0.29) is 0 Å². The fraction of sp³-hybridized carbons (Fsp3) is 0.571. The molecule has 1 aliphatic rings. The fourth-order valence-corrected chi connectivity index (χ4v) is 2.20. The number of hydrogen-bond donors (Lipinski definition) is 1. The molecule has 1 aliphatic heterocycles. The van der Waals surface area contributed by atoms with Crippen LogP contribution in [-0.2, 0) is 11.2 Å². The Hall–Kier alpha value is -0.610. The van der Waals surface area contributed by atoms with Gasteiger partial charge in [-0.15, -0.1) is 0 Å². The van der Waals surface area contributed by atoms with Crippen LogP contribution < -0.4 is 5.32 Å². The highest BCUT2D eigenvalue weighted by atomic mass is 35.5. The average Bonchev–Trinajstić information content (AvgIpc) is 2.42. The van der Waals surface area contributed by atoms with Crippen molar-refractivity contribution in [3.63, 3.8) is 0 Å². The first-order valence-electron chi connectivity index (χ1n) is 6.60. The molecule has 1 aromatic carbocycles. The number of nitrogens with zero attached hydrogens (tertiary/aromatic N) is 1. The lowest BCUT2D eigenvalue weighted by atomic mass is 10.2. The van der Waals surface area contributed by atoms with Gasteiger partial charge in [0.25, 0.3) is 0 Å². The zero-order chi connectivity index (χ0) is 12.6. The van der Waals surface area contributed by atoms with E-state index in [0.29, 0.717) is 0 Å². The predicted molar refractivity (Wildman–Crippen MR) is 75.3 cm³/mol. The molecule has 0 bridgehead atoms. The van der Waals surface area contributed by atoms with Crippen LogP contribution in [0, 0.1) is 0 Å². The molecule has 0 spiro atoms. The maximum Gasteiger partial charge on any atom is 0.0593 e. The molecular weight excluding hydrogens is 248 g/mol. The molecule has 3 nitrogen and oxygen atoms in total. The van der Waals surface area contributed by atoms with E-state index in [2.05, 4.69) is 22.3 Å². The Kier molecular flexibility index (Phi) is 5.94. The number of halogens is 1. The van der Waals surface area contributed by atoms with E-state index in [9.17, 15) is 0 Å². The van der Waals surface area contributed by atoms with Gasteiger partial charge in [-0.2, -0.15) is 0 Å². The van der Waals surface area contributed by atoms with Gasteiger partial charge in [-0.3, -0.25) is 4.90 Å². The van der Waals surface area contributed by atoms with Crippen LogP contribution in [0.4, 0.5) is 0 Å². The second kappa shape index (κ2) is 7.74. The van der Waals surface area contributed by atoms with Gasteiger partial charge in [0.05, 0.1) is 13.2 Å². The van der Waals surface area contributed by atoms with E-state index in [1.165, 1.54) is 5.56 Å². The third-order valence-corrected chi connectivity index (χ3v) is 3.46. The molecule has 1 N–H and O–H groups in total. The molecule has 0 unspecified atom stereocenters. The Morgan fingerprint density at radius 3 is 2.56 bits per heavy atom. The second-order valence-electron chi connectivity index (χ2n) is 4.58. The van der Waals surface area contributed by atoms with E-state index >= 15 is 0 Å². The third kappa shape index (κ3) is 4.94. The van der Waals surface area contributed by atoms with Crippen LogP contribution in [0.3, 0.4) is 0 Å². The number of nitrogens with one attached hydrogen (secondary N) is 1. The summed E-state index contributed by atoms with van der Waals surface area (Å²) in [6.45, 7) is 7.14. The first kappa shape index (κ1) is 13.8. The SMILES string of the molecule is Clc1ccc(CCOCCN2CCNCC2)cc1. The zero-order valence-corrected chi connectivity index (χ0v) is 11.5. The maximum absolute atomic E-state index is 5.84. The summed E-state index contributed by atoms with van der Waals surface area (Å²) < 4.78 is 5.68. The van der Waals surface area contributed by atoms with Crippen molar-refractivity contribution in [2.75, 3.05) is 45.9 Å². The largest absolute Gasteiger partial charge is 0.380 e. The number of ether oxygens (including phenoxy) is 1. The third-order valence-electron chi connectivity index (χ3n) is 3.21. The standard InChI is InChI=1S/C14H21ClN2O/c15-14-3-1-13(2-4-14)5-11-18-12-10-17-8-6-16-7-9-17/h1-4,16H,5-12H2. The average molecular weight is 269 g/mol. The molecule has 0 radical (unpaired) electrons. The van der Waals surface area contributed by atoms with Crippen molar-refractivity contribution in [2.24, 2.45) is 0 Å². The van der Waals surface area contributed by atoms with Crippen molar-refractivity contribution >= 4 is 11.6 Å². The van der Waals surface area contributed by atoms with Gasteiger partial charge in [0.2, 0.25) is 0 Å². The Balaban J connectivity index is 1.54. The van der Waals surface area contributed by atoms with Crippen molar-refractivity contribution in [1.29, 1.82) is 0 Å². The highest BCUT2D eigenvalue weighted by Crippen LogP contribution is 2.09. The van der Waals surface area contributed by atoms with Crippen molar-refractivity contribution < 1.29 is 4.74 Å². The van der Waals surface area contributed by atoms with Gasteiger partial charge >= 0.3 is 0 Å². The van der Waals surface area contributed by atoms with Crippen molar-refractivity contribution in [3.05, 3.63) is 34.9 Å². The van der Waals surface area contributed by atoms with Crippen molar-refractivity contribution in [3.8, 4) is 0 Å². The lowest BCUT2D eigenvalue weighted by Gasteiger charge is -2.26. The first-order valence-corrected chi connectivity index (χ1v) is 6.98. The van der Waals surface area contributed by atoms with Crippen LogP contribution >= 0.6 is 11.6 Å². The van der Waals surface area contributed by atoms with Crippen LogP contribution in [0.25, 0.3) is 0 Å². The molecule has 2 rings (SSSR count). The number of hydrogen-bond acceptors (Lipinski definition) is 3. The van der Waals surface area contributed by atoms with Gasteiger partial charge in [-0.05, 0) is 24.1 Å². The normalized spacial score (nSPS) is 16.9. The molecule has 4 heteroatoms. The predicted octanol–water partition coefficient (Wildman–Crippen LogP) is 1.80. The Morgan fingerprint density at radius 1 is 1.11 bits per heavy atom. The molecule has 100 valence electrons. The van der Waals surface area contributed by atoms with Crippen LogP contribution in [0.1, 0.15) is 5.56 Å². The summed E-state index contributed by atoms with van der Waals surface area (Å²) in [5.41, 5.74) is 1.28. The summed E-state index contributed by atoms with van der Waals surface area (Å²) in [5.74, 6) is 0. The van der Waals surface area contributed by atoms with Gasteiger partial charge in [0.1, 0.15) is 0 Å². The van der Waals surface area contributed by atoms with Gasteiger partial charge in [0.15, 0.2) is 0 Å². The van der Waals surface area contributed by atoms with E-state index < -0.39 is 0 Å².